The zero-order valence-corrected chi connectivity index (χ0v) is 15.4. The molecule has 0 aliphatic rings. The van der Waals surface area contributed by atoms with Crippen molar-refractivity contribution in [3.8, 4) is 11.4 Å². The van der Waals surface area contributed by atoms with Gasteiger partial charge in [0, 0.05) is 23.0 Å². The van der Waals surface area contributed by atoms with Crippen molar-refractivity contribution in [2.45, 2.75) is 26.2 Å². The SMILES string of the molecule is CNc1nc(-c2ccc(Cl)cc2Cl)nc(C(C)(C)C)c1Br. The minimum Gasteiger partial charge on any atom is -0.372 e. The Kier molecular flexibility index (Phi) is 4.81. The lowest BCUT2D eigenvalue weighted by Crippen LogP contribution is -2.17. The van der Waals surface area contributed by atoms with Gasteiger partial charge in [0.2, 0.25) is 0 Å². The maximum Gasteiger partial charge on any atom is 0.163 e. The maximum atomic E-state index is 6.27. The van der Waals surface area contributed by atoms with Crippen molar-refractivity contribution in [2.24, 2.45) is 0 Å². The number of aromatic nitrogens is 2. The number of halogens is 3. The molecule has 0 spiro atoms. The fourth-order valence-electron chi connectivity index (χ4n) is 1.90. The molecular weight excluding hydrogens is 373 g/mol. The van der Waals surface area contributed by atoms with E-state index in [1.807, 2.05) is 13.1 Å². The Morgan fingerprint density at radius 2 is 1.81 bits per heavy atom. The van der Waals surface area contributed by atoms with Crippen molar-refractivity contribution < 1.29 is 0 Å². The number of benzene rings is 1. The average molecular weight is 389 g/mol. The van der Waals surface area contributed by atoms with Gasteiger partial charge in [-0.1, -0.05) is 44.0 Å². The first-order valence-corrected chi connectivity index (χ1v) is 8.00. The highest BCUT2D eigenvalue weighted by Crippen LogP contribution is 2.36. The second kappa shape index (κ2) is 6.11. The van der Waals surface area contributed by atoms with Crippen molar-refractivity contribution >= 4 is 44.9 Å². The number of hydrogen-bond donors (Lipinski definition) is 1. The van der Waals surface area contributed by atoms with Gasteiger partial charge in [-0.25, -0.2) is 9.97 Å². The van der Waals surface area contributed by atoms with Gasteiger partial charge in [-0.3, -0.25) is 0 Å². The van der Waals surface area contributed by atoms with E-state index in [2.05, 4.69) is 52.0 Å². The van der Waals surface area contributed by atoms with Crippen LogP contribution in [0, 0.1) is 0 Å². The molecule has 1 aromatic heterocycles. The summed E-state index contributed by atoms with van der Waals surface area (Å²) >= 11 is 15.8. The van der Waals surface area contributed by atoms with E-state index in [1.165, 1.54) is 0 Å². The van der Waals surface area contributed by atoms with Crippen molar-refractivity contribution in [1.29, 1.82) is 0 Å². The van der Waals surface area contributed by atoms with Gasteiger partial charge in [-0.15, -0.1) is 0 Å². The van der Waals surface area contributed by atoms with Crippen LogP contribution in [0.3, 0.4) is 0 Å². The average Bonchev–Trinajstić information content (AvgIpc) is 2.38. The molecular formula is C15H16BrCl2N3. The summed E-state index contributed by atoms with van der Waals surface area (Å²) in [6.07, 6.45) is 0. The highest BCUT2D eigenvalue weighted by atomic mass is 79.9. The third kappa shape index (κ3) is 3.50. The summed E-state index contributed by atoms with van der Waals surface area (Å²) in [6.45, 7) is 6.31. The first-order valence-electron chi connectivity index (χ1n) is 6.45. The topological polar surface area (TPSA) is 37.8 Å². The van der Waals surface area contributed by atoms with Gasteiger partial charge < -0.3 is 5.32 Å². The Hall–Kier alpha value is -0.840. The summed E-state index contributed by atoms with van der Waals surface area (Å²) in [6, 6.07) is 5.31. The van der Waals surface area contributed by atoms with Crippen molar-refractivity contribution in [3.05, 3.63) is 38.4 Å². The van der Waals surface area contributed by atoms with Crippen LogP contribution in [-0.4, -0.2) is 17.0 Å². The lowest BCUT2D eigenvalue weighted by atomic mass is 9.91. The number of anilines is 1. The maximum absolute atomic E-state index is 6.27. The van der Waals surface area contributed by atoms with E-state index in [-0.39, 0.29) is 5.41 Å². The Morgan fingerprint density at radius 1 is 1.14 bits per heavy atom. The molecule has 1 aromatic carbocycles. The van der Waals surface area contributed by atoms with E-state index in [9.17, 15) is 0 Å². The van der Waals surface area contributed by atoms with Crippen LogP contribution in [0.25, 0.3) is 11.4 Å². The van der Waals surface area contributed by atoms with Gasteiger partial charge in [0.1, 0.15) is 5.82 Å². The molecule has 0 bridgehead atoms. The molecule has 1 N–H and O–H groups in total. The summed E-state index contributed by atoms with van der Waals surface area (Å²) < 4.78 is 0.867. The molecule has 112 valence electrons. The molecule has 2 aromatic rings. The van der Waals surface area contributed by atoms with Crippen LogP contribution in [0.2, 0.25) is 10.0 Å². The van der Waals surface area contributed by atoms with Crippen LogP contribution in [0.15, 0.2) is 22.7 Å². The van der Waals surface area contributed by atoms with Crippen molar-refractivity contribution in [3.63, 3.8) is 0 Å². The van der Waals surface area contributed by atoms with E-state index in [0.717, 1.165) is 21.5 Å². The number of nitrogens with one attached hydrogen (secondary N) is 1. The first kappa shape index (κ1) is 16.5. The van der Waals surface area contributed by atoms with Gasteiger partial charge in [0.25, 0.3) is 0 Å². The van der Waals surface area contributed by atoms with Crippen LogP contribution >= 0.6 is 39.1 Å². The van der Waals surface area contributed by atoms with E-state index < -0.39 is 0 Å². The molecule has 21 heavy (non-hydrogen) atoms. The molecule has 0 saturated carbocycles. The van der Waals surface area contributed by atoms with Crippen molar-refractivity contribution in [1.82, 2.24) is 9.97 Å². The van der Waals surface area contributed by atoms with Crippen LogP contribution < -0.4 is 5.32 Å². The molecule has 0 amide bonds. The third-order valence-electron chi connectivity index (χ3n) is 2.97. The van der Waals surface area contributed by atoms with Crippen LogP contribution in [0.5, 0.6) is 0 Å². The molecule has 0 fully saturated rings. The fourth-order valence-corrected chi connectivity index (χ4v) is 3.36. The van der Waals surface area contributed by atoms with Crippen LogP contribution in [0.1, 0.15) is 26.5 Å². The van der Waals surface area contributed by atoms with E-state index >= 15 is 0 Å². The molecule has 6 heteroatoms. The van der Waals surface area contributed by atoms with E-state index in [0.29, 0.717) is 15.9 Å². The van der Waals surface area contributed by atoms with Gasteiger partial charge in [-0.05, 0) is 34.1 Å². The minimum absolute atomic E-state index is 0.124. The van der Waals surface area contributed by atoms with Crippen LogP contribution in [0.4, 0.5) is 5.82 Å². The van der Waals surface area contributed by atoms with Crippen molar-refractivity contribution in [2.75, 3.05) is 12.4 Å². The summed E-state index contributed by atoms with van der Waals surface area (Å²) in [7, 11) is 1.83. The summed E-state index contributed by atoms with van der Waals surface area (Å²) in [5.74, 6) is 1.31. The standard InChI is InChI=1S/C15H16BrCl2N3/c1-15(2,3)12-11(16)14(19-4)21-13(20-12)9-6-5-8(17)7-10(9)18/h5-7H,1-4H3,(H,19,20,21). The lowest BCUT2D eigenvalue weighted by Gasteiger charge is -2.22. The predicted molar refractivity (Wildman–Crippen MR) is 93.4 cm³/mol. The molecule has 0 saturated heterocycles. The Labute approximate surface area is 143 Å². The zero-order chi connectivity index (χ0) is 15.8. The molecule has 0 unspecified atom stereocenters. The second-order valence-electron chi connectivity index (χ2n) is 5.68. The third-order valence-corrected chi connectivity index (χ3v) is 4.27. The Bertz CT molecular complexity index is 681. The molecule has 2 rings (SSSR count). The summed E-state index contributed by atoms with van der Waals surface area (Å²) in [4.78, 5) is 9.22. The molecule has 0 radical (unpaired) electrons. The number of nitrogens with zero attached hydrogens (tertiary/aromatic N) is 2. The lowest BCUT2D eigenvalue weighted by molar-refractivity contribution is 0.564. The number of rotatable bonds is 2. The second-order valence-corrected chi connectivity index (χ2v) is 7.32. The predicted octanol–water partition coefficient (Wildman–Crippen LogP) is 5.55. The van der Waals surface area contributed by atoms with Gasteiger partial charge in [0.15, 0.2) is 5.82 Å². The van der Waals surface area contributed by atoms with Gasteiger partial charge in [0.05, 0.1) is 15.2 Å². The smallest absolute Gasteiger partial charge is 0.163 e. The molecule has 0 aliphatic heterocycles. The Balaban J connectivity index is 2.70. The van der Waals surface area contributed by atoms with E-state index in [4.69, 9.17) is 23.2 Å². The highest BCUT2D eigenvalue weighted by Gasteiger charge is 2.23. The molecule has 3 nitrogen and oxygen atoms in total. The molecule has 0 atom stereocenters. The summed E-state index contributed by atoms with van der Waals surface area (Å²) in [5.41, 5.74) is 1.56. The monoisotopic (exact) mass is 387 g/mol. The zero-order valence-electron chi connectivity index (χ0n) is 12.3. The Morgan fingerprint density at radius 3 is 2.33 bits per heavy atom. The largest absolute Gasteiger partial charge is 0.372 e. The minimum atomic E-state index is -0.124. The highest BCUT2D eigenvalue weighted by molar-refractivity contribution is 9.10. The summed E-state index contributed by atoms with van der Waals surface area (Å²) in [5, 5.41) is 4.20. The van der Waals surface area contributed by atoms with Gasteiger partial charge >= 0.3 is 0 Å². The first-order chi connectivity index (χ1) is 9.74. The van der Waals surface area contributed by atoms with Gasteiger partial charge in [-0.2, -0.15) is 0 Å². The quantitative estimate of drug-likeness (QED) is 0.732. The molecule has 0 aliphatic carbocycles. The fraction of sp³-hybridized carbons (Fsp3) is 0.333. The molecule has 1 heterocycles. The van der Waals surface area contributed by atoms with Crippen LogP contribution in [-0.2, 0) is 5.41 Å². The van der Waals surface area contributed by atoms with E-state index in [1.54, 1.807) is 12.1 Å². The normalized spacial score (nSPS) is 11.6. The number of hydrogen-bond acceptors (Lipinski definition) is 3.